The Hall–Kier alpha value is 18.8. The van der Waals surface area contributed by atoms with E-state index in [2.05, 4.69) is 0 Å². The molecule has 90 valence electrons. The van der Waals surface area contributed by atoms with Gasteiger partial charge in [-0.15, -0.1) is 0 Å². The molecule has 0 atom stereocenters. The summed E-state index contributed by atoms with van der Waals surface area (Å²) in [5.74, 6) is 0. The topological polar surface area (TPSA) is 0 Å². The Morgan fingerprint density at radius 3 is 0.158 bits per heavy atom. The summed E-state index contributed by atoms with van der Waals surface area (Å²) in [7, 11) is 0. The summed E-state index contributed by atoms with van der Waals surface area (Å²) in [6.45, 7) is 0. The van der Waals surface area contributed by atoms with Crippen LogP contribution >= 0.6 is 0 Å². The quantitative estimate of drug-likeness (QED) is 0.219. The fourth-order valence-corrected chi connectivity index (χ4v) is 0. The van der Waals surface area contributed by atoms with Crippen molar-refractivity contribution in [2.45, 2.75) is 0 Å². The molecule has 0 aliphatic carbocycles. The van der Waals surface area contributed by atoms with E-state index >= 15 is 0 Å². The first-order chi connectivity index (χ1) is 0. The smallest absolute Gasteiger partial charge is 1.00 e. The molecule has 0 spiro atoms. The first-order valence-corrected chi connectivity index (χ1v) is 0. The standard InChI is InChI=1S/7Al.12Ca.45H/q;;;;;;;12*+2;;;;;;;;;;;;;;;;;;;;;;24*-1. The minimum absolute atomic E-state index is 0. The monoisotopic (exact) mass is 714 g/mol. The number of rotatable bonds is 0. The van der Waals surface area contributed by atoms with Crippen molar-refractivity contribution in [1.29, 1.82) is 0 Å². The molecule has 0 N–H and O–H groups in total. The summed E-state index contributed by atoms with van der Waals surface area (Å²) < 4.78 is 0. The van der Waals surface area contributed by atoms with Crippen LogP contribution in [-0.2, 0) is 0 Å². The van der Waals surface area contributed by atoms with Gasteiger partial charge in [0.2, 0.25) is 0 Å². The summed E-state index contributed by atoms with van der Waals surface area (Å²) in [5, 5.41) is 0. The molecule has 19 heavy (non-hydrogen) atoms. The Morgan fingerprint density at radius 2 is 0.158 bits per heavy atom. The third kappa shape index (κ3) is 126. The maximum Gasteiger partial charge on any atom is 2.00 e. The van der Waals surface area contributed by atoms with Crippen LogP contribution in [0.15, 0.2) is 0 Å². The molecule has 0 radical (unpaired) electrons. The Kier molecular flexibility index (Phi) is 1020. The zero-order chi connectivity index (χ0) is 0. The van der Waals surface area contributed by atoms with Crippen LogP contribution in [0.4, 0.5) is 0 Å². The molecule has 0 aromatic heterocycles. The van der Waals surface area contributed by atoms with Crippen LogP contribution < -0.4 is 0 Å². The Labute approximate surface area is 589 Å². The second-order valence-electron chi connectivity index (χ2n) is 0. The van der Waals surface area contributed by atoms with Gasteiger partial charge in [0, 0.05) is 0 Å². The molecule has 0 rings (SSSR count). The molecule has 0 amide bonds. The van der Waals surface area contributed by atoms with Crippen molar-refractivity contribution < 1.29 is 34.2 Å². The number of hydrogen-bond donors (Lipinski definition) is 0. The fourth-order valence-electron chi connectivity index (χ4n) is 0. The molecule has 0 saturated heterocycles. The van der Waals surface area contributed by atoms with Crippen LogP contribution in [-0.4, -0.2) is 574 Å². The van der Waals surface area contributed by atoms with E-state index in [9.17, 15) is 0 Å². The van der Waals surface area contributed by atoms with Crippen molar-refractivity contribution in [3.63, 3.8) is 0 Å². The predicted molar refractivity (Wildman–Crippen MR) is 165 cm³/mol. The largest absolute Gasteiger partial charge is 2.00 e. The molecule has 0 aromatic rings. The first-order valence-electron chi connectivity index (χ1n) is 0. The van der Waals surface area contributed by atoms with Crippen LogP contribution in [0.2, 0.25) is 0 Å². The van der Waals surface area contributed by atoms with E-state index in [4.69, 9.17) is 0 Å². The van der Waals surface area contributed by atoms with E-state index in [-0.39, 0.29) is 609 Å². The van der Waals surface area contributed by atoms with Crippen LogP contribution in [0.3, 0.4) is 0 Å². The molecule has 0 saturated carbocycles. The SMILES string of the molecule is [AlH3].[AlH3].[AlH3].[AlH3].[AlH3].[AlH3].[AlH3].[Ca+2].[Ca+2].[Ca+2].[Ca+2].[Ca+2].[Ca+2].[Ca+2].[Ca+2].[Ca+2].[Ca+2].[Ca+2].[Ca+2].[H-].[H-].[H-].[H-].[H-].[H-].[H-].[H-].[H-].[H-].[H-].[H-].[H-].[H-].[H-].[H-].[H-].[H-].[H-].[H-].[H-].[H-].[H-].[H-]. The van der Waals surface area contributed by atoms with E-state index in [1.807, 2.05) is 0 Å². The van der Waals surface area contributed by atoms with Gasteiger partial charge in [-0.2, -0.15) is 0 Å². The summed E-state index contributed by atoms with van der Waals surface area (Å²) in [6, 6.07) is 0. The van der Waals surface area contributed by atoms with Gasteiger partial charge in [0.15, 0.2) is 122 Å². The molecule has 0 aliphatic heterocycles. The molecule has 0 heterocycles. The molecule has 0 aliphatic rings. The van der Waals surface area contributed by atoms with Gasteiger partial charge in [-0.25, -0.2) is 0 Å². The summed E-state index contributed by atoms with van der Waals surface area (Å²) in [4.78, 5) is 0. The van der Waals surface area contributed by atoms with E-state index in [0.717, 1.165) is 0 Å². The van der Waals surface area contributed by atoms with Gasteiger partial charge < -0.3 is 34.2 Å². The second kappa shape index (κ2) is 133. The van der Waals surface area contributed by atoms with Gasteiger partial charge in [-0.1, -0.05) is 0 Å². The second-order valence-corrected chi connectivity index (χ2v) is 0. The van der Waals surface area contributed by atoms with Crippen molar-refractivity contribution in [1.82, 2.24) is 0 Å². The predicted octanol–water partition coefficient (Wildman–Crippen LogP) is -10.2. The molecular weight excluding hydrogens is 670 g/mol. The van der Waals surface area contributed by atoms with E-state index in [1.165, 1.54) is 0 Å². The Balaban J connectivity index is 0. The van der Waals surface area contributed by atoms with Crippen molar-refractivity contribution in [3.05, 3.63) is 0 Å². The molecule has 0 aromatic carbocycles. The van der Waals surface area contributed by atoms with Crippen molar-refractivity contribution in [3.8, 4) is 0 Å². The Bertz CT molecular complexity index is 60.6. The zero-order valence-electron chi connectivity index (χ0n) is 32.5. The van der Waals surface area contributed by atoms with Gasteiger partial charge in [0.05, 0.1) is 0 Å². The van der Waals surface area contributed by atoms with Crippen LogP contribution in [0.1, 0.15) is 34.2 Å². The van der Waals surface area contributed by atoms with Crippen LogP contribution in [0.5, 0.6) is 0 Å². The normalized spacial score (nSPS) is 0. The molecule has 0 unspecified atom stereocenters. The van der Waals surface area contributed by atoms with Gasteiger partial charge in [-0.3, -0.25) is 0 Å². The molecular formula is H45Al7Ca12. The van der Waals surface area contributed by atoms with Crippen molar-refractivity contribution in [2.24, 2.45) is 0 Å². The van der Waals surface area contributed by atoms with Gasteiger partial charge in [0.1, 0.15) is 0 Å². The molecule has 0 fully saturated rings. The molecule has 0 nitrogen and oxygen atoms in total. The summed E-state index contributed by atoms with van der Waals surface area (Å²) in [6.07, 6.45) is 0. The third-order valence-corrected chi connectivity index (χ3v) is 0. The minimum atomic E-state index is 0. The van der Waals surface area contributed by atoms with Crippen LogP contribution in [0, 0.1) is 0 Å². The van der Waals surface area contributed by atoms with Gasteiger partial charge in [0.25, 0.3) is 0 Å². The molecule has 19 heteroatoms. The average molecular weight is 715 g/mol. The molecule has 0 bridgehead atoms. The average Bonchev–Trinajstić information content (AvgIpc) is 0. The van der Waals surface area contributed by atoms with Crippen molar-refractivity contribution in [2.75, 3.05) is 0 Å². The summed E-state index contributed by atoms with van der Waals surface area (Å²) in [5.41, 5.74) is 0. The maximum atomic E-state index is 0. The fraction of sp³-hybridized carbons (Fsp3) is 0. The zero-order valence-corrected chi connectivity index (χ0v) is 35.0. The third-order valence-electron chi connectivity index (χ3n) is 0. The summed E-state index contributed by atoms with van der Waals surface area (Å²) >= 11 is 0. The van der Waals surface area contributed by atoms with E-state index < -0.39 is 0 Å². The number of hydrogen-bond acceptors (Lipinski definition) is 0. The Morgan fingerprint density at radius 1 is 0.158 bits per heavy atom. The minimum Gasteiger partial charge on any atom is -1.00 e. The first kappa shape index (κ1) is 145. The van der Waals surface area contributed by atoms with E-state index in [1.54, 1.807) is 0 Å². The van der Waals surface area contributed by atoms with Crippen LogP contribution in [0.25, 0.3) is 0 Å². The maximum absolute atomic E-state index is 0. The van der Waals surface area contributed by atoms with E-state index in [0.29, 0.717) is 0 Å². The van der Waals surface area contributed by atoms with Crippen molar-refractivity contribution >= 4 is 574 Å². The van der Waals surface area contributed by atoms with Gasteiger partial charge >= 0.3 is 453 Å². The van der Waals surface area contributed by atoms with Gasteiger partial charge in [-0.05, 0) is 0 Å².